The molecule has 1 aliphatic carbocycles. The maximum Gasteiger partial charge on any atom is 0.240 e. The van der Waals surface area contributed by atoms with Gasteiger partial charge in [0.15, 0.2) is 0 Å². The van der Waals surface area contributed by atoms with Crippen LogP contribution in [0.2, 0.25) is 0 Å². The second-order valence-electron chi connectivity index (χ2n) is 8.53. The van der Waals surface area contributed by atoms with Crippen molar-refractivity contribution in [2.45, 2.75) is 45.8 Å². The summed E-state index contributed by atoms with van der Waals surface area (Å²) in [6.45, 7) is 6.83. The molecule has 4 rings (SSSR count). The summed E-state index contributed by atoms with van der Waals surface area (Å²) in [7, 11) is 0. The van der Waals surface area contributed by atoms with Gasteiger partial charge in [0.2, 0.25) is 12.1 Å². The first-order valence-electron chi connectivity index (χ1n) is 10.0. The maximum atomic E-state index is 6.01. The van der Waals surface area contributed by atoms with Gasteiger partial charge in [-0.1, -0.05) is 81.5 Å². The fraction of sp³-hybridized carbons (Fsp3) is 0.320. The van der Waals surface area contributed by atoms with Gasteiger partial charge in [-0.2, -0.15) is 0 Å². The Bertz CT molecular complexity index is 902. The van der Waals surface area contributed by atoms with Gasteiger partial charge in [-0.05, 0) is 41.5 Å². The predicted octanol–water partition coefficient (Wildman–Crippen LogP) is 6.07. The predicted molar refractivity (Wildman–Crippen MR) is 115 cm³/mol. The third-order valence-electron chi connectivity index (χ3n) is 5.42. The van der Waals surface area contributed by atoms with Crippen molar-refractivity contribution < 1.29 is 4.74 Å². The molecular formula is C25H28N2O. The highest BCUT2D eigenvalue weighted by molar-refractivity contribution is 5.94. The minimum atomic E-state index is -0.233. The van der Waals surface area contributed by atoms with Gasteiger partial charge in [0, 0.05) is 17.0 Å². The number of hydrogen-bond donors (Lipinski definition) is 1. The summed E-state index contributed by atoms with van der Waals surface area (Å²) < 4.78 is 6.01. The highest BCUT2D eigenvalue weighted by atomic mass is 16.5. The summed E-state index contributed by atoms with van der Waals surface area (Å²) in [5, 5.41) is 4.35. The Morgan fingerprint density at radius 2 is 1.68 bits per heavy atom. The zero-order chi connectivity index (χ0) is 19.6. The summed E-state index contributed by atoms with van der Waals surface area (Å²) in [5.41, 5.74) is 8.16. The van der Waals surface area contributed by atoms with E-state index in [-0.39, 0.29) is 11.6 Å². The van der Waals surface area contributed by atoms with Crippen molar-refractivity contribution in [2.75, 3.05) is 0 Å². The second kappa shape index (κ2) is 7.67. The smallest absolute Gasteiger partial charge is 0.240 e. The zero-order valence-corrected chi connectivity index (χ0v) is 16.9. The molecule has 1 N–H and O–H groups in total. The van der Waals surface area contributed by atoms with Crippen molar-refractivity contribution in [3.63, 3.8) is 0 Å². The zero-order valence-electron chi connectivity index (χ0n) is 16.9. The molecule has 2 aromatic carbocycles. The van der Waals surface area contributed by atoms with Crippen molar-refractivity contribution in [1.29, 1.82) is 0 Å². The van der Waals surface area contributed by atoms with Crippen LogP contribution in [0.5, 0.6) is 0 Å². The lowest BCUT2D eigenvalue weighted by Crippen LogP contribution is -2.12. The van der Waals surface area contributed by atoms with Crippen molar-refractivity contribution in [2.24, 2.45) is 10.5 Å². The van der Waals surface area contributed by atoms with E-state index in [2.05, 4.69) is 73.8 Å². The lowest BCUT2D eigenvalue weighted by molar-refractivity contribution is 0.192. The van der Waals surface area contributed by atoms with E-state index in [4.69, 9.17) is 4.74 Å². The molecule has 144 valence electrons. The molecule has 28 heavy (non-hydrogen) atoms. The SMILES string of the molecule is CC(C)(C)C1=CCCC(c2ccc([C@@H]3NN=C(c4ccccc4)O3)cc2)C=C1. The first-order valence-corrected chi connectivity index (χ1v) is 10.0. The highest BCUT2D eigenvalue weighted by Gasteiger charge is 2.23. The van der Waals surface area contributed by atoms with Crippen LogP contribution in [0.1, 0.15) is 62.4 Å². The number of benzene rings is 2. The standard InChI is InChI=1S/C25H28N2O/c1-25(2,3)22-11-7-10-18(16-17-22)19-12-14-21(15-13-19)24-27-26-23(28-24)20-8-5-4-6-9-20/h4-6,8-9,11-18,24,27H,7,10H2,1-3H3/t18?,24-/m1/s1. The Hall–Kier alpha value is -2.81. The summed E-state index contributed by atoms with van der Waals surface area (Å²) in [6, 6.07) is 18.7. The van der Waals surface area contributed by atoms with E-state index in [0.717, 1.165) is 24.0 Å². The Labute approximate surface area is 167 Å². The molecule has 2 atom stereocenters. The molecule has 2 aromatic rings. The molecular weight excluding hydrogens is 344 g/mol. The van der Waals surface area contributed by atoms with E-state index >= 15 is 0 Å². The first kappa shape index (κ1) is 18.5. The lowest BCUT2D eigenvalue weighted by atomic mass is 9.86. The number of hydrazone groups is 1. The molecule has 0 spiro atoms. The molecule has 3 nitrogen and oxygen atoms in total. The van der Waals surface area contributed by atoms with Crippen LogP contribution < -0.4 is 5.43 Å². The van der Waals surface area contributed by atoms with Gasteiger partial charge in [-0.25, -0.2) is 0 Å². The van der Waals surface area contributed by atoms with Crippen LogP contribution in [0.25, 0.3) is 0 Å². The molecule has 2 aliphatic rings. The topological polar surface area (TPSA) is 33.6 Å². The molecule has 0 saturated carbocycles. The third-order valence-corrected chi connectivity index (χ3v) is 5.42. The van der Waals surface area contributed by atoms with Gasteiger partial charge in [-0.15, -0.1) is 5.10 Å². The van der Waals surface area contributed by atoms with Crippen molar-refractivity contribution >= 4 is 5.90 Å². The fourth-order valence-electron chi connectivity index (χ4n) is 3.69. The summed E-state index contributed by atoms with van der Waals surface area (Å²) >= 11 is 0. The largest absolute Gasteiger partial charge is 0.446 e. The molecule has 3 heteroatoms. The van der Waals surface area contributed by atoms with Crippen LogP contribution in [0, 0.1) is 5.41 Å². The first-order chi connectivity index (χ1) is 13.5. The minimum Gasteiger partial charge on any atom is -0.446 e. The van der Waals surface area contributed by atoms with Crippen LogP contribution in [-0.4, -0.2) is 5.90 Å². The number of hydrogen-bond acceptors (Lipinski definition) is 3. The Kier molecular flexibility index (Phi) is 5.08. The van der Waals surface area contributed by atoms with Crippen LogP contribution >= 0.6 is 0 Å². The van der Waals surface area contributed by atoms with Crippen LogP contribution in [0.15, 0.2) is 83.5 Å². The number of rotatable bonds is 3. The molecule has 0 radical (unpaired) electrons. The normalized spacial score (nSPS) is 22.0. The van der Waals surface area contributed by atoms with Gasteiger partial charge in [0.05, 0.1) is 0 Å². The summed E-state index contributed by atoms with van der Waals surface area (Å²) in [6.07, 6.45) is 9.10. The van der Waals surface area contributed by atoms with E-state index in [1.54, 1.807) is 0 Å². The molecule has 0 fully saturated rings. The lowest BCUT2D eigenvalue weighted by Gasteiger charge is -2.19. The minimum absolute atomic E-state index is 0.206. The molecule has 0 saturated heterocycles. The summed E-state index contributed by atoms with van der Waals surface area (Å²) in [4.78, 5) is 0. The molecule has 1 aliphatic heterocycles. The maximum absolute atomic E-state index is 6.01. The highest BCUT2D eigenvalue weighted by Crippen LogP contribution is 2.33. The number of ether oxygens (including phenoxy) is 1. The van der Waals surface area contributed by atoms with Gasteiger partial charge in [0.1, 0.15) is 0 Å². The van der Waals surface area contributed by atoms with E-state index in [9.17, 15) is 0 Å². The van der Waals surface area contributed by atoms with Crippen LogP contribution in [-0.2, 0) is 4.74 Å². The summed E-state index contributed by atoms with van der Waals surface area (Å²) in [5.74, 6) is 1.10. The van der Waals surface area contributed by atoms with Crippen molar-refractivity contribution in [3.8, 4) is 0 Å². The molecule has 0 aromatic heterocycles. The number of nitrogens with zero attached hydrogens (tertiary/aromatic N) is 1. The molecule has 0 bridgehead atoms. The third kappa shape index (κ3) is 4.04. The monoisotopic (exact) mass is 372 g/mol. The van der Waals surface area contributed by atoms with Gasteiger partial charge in [-0.3, -0.25) is 5.43 Å². The molecule has 0 amide bonds. The second-order valence-corrected chi connectivity index (χ2v) is 8.53. The van der Waals surface area contributed by atoms with E-state index < -0.39 is 0 Å². The quantitative estimate of drug-likeness (QED) is 0.709. The number of nitrogens with one attached hydrogen (secondary N) is 1. The van der Waals surface area contributed by atoms with E-state index in [1.165, 1.54) is 11.1 Å². The molecule has 1 unspecified atom stereocenters. The Morgan fingerprint density at radius 3 is 2.39 bits per heavy atom. The van der Waals surface area contributed by atoms with E-state index in [0.29, 0.717) is 11.8 Å². The molecule has 1 heterocycles. The van der Waals surface area contributed by atoms with Gasteiger partial charge >= 0.3 is 0 Å². The number of allylic oxidation sites excluding steroid dienone is 4. The fourth-order valence-corrected chi connectivity index (χ4v) is 3.69. The Morgan fingerprint density at radius 1 is 0.964 bits per heavy atom. The van der Waals surface area contributed by atoms with Gasteiger partial charge < -0.3 is 4.74 Å². The van der Waals surface area contributed by atoms with Crippen molar-refractivity contribution in [3.05, 3.63) is 95.1 Å². The average molecular weight is 373 g/mol. The van der Waals surface area contributed by atoms with Gasteiger partial charge in [0.25, 0.3) is 0 Å². The van der Waals surface area contributed by atoms with E-state index in [1.807, 2.05) is 30.3 Å². The van der Waals surface area contributed by atoms with Crippen LogP contribution in [0.4, 0.5) is 0 Å². The average Bonchev–Trinajstić information content (AvgIpc) is 3.05. The Balaban J connectivity index is 1.43. The van der Waals surface area contributed by atoms with Crippen LogP contribution in [0.3, 0.4) is 0 Å². The van der Waals surface area contributed by atoms with Crippen molar-refractivity contribution in [1.82, 2.24) is 5.43 Å².